The van der Waals surface area contributed by atoms with Gasteiger partial charge < -0.3 is 10.5 Å². The maximum atomic E-state index is 12.0. The Bertz CT molecular complexity index is 343. The van der Waals surface area contributed by atoms with Gasteiger partial charge in [-0.25, -0.2) is 0 Å². The molecule has 1 aliphatic rings. The minimum absolute atomic E-state index is 0.282. The summed E-state index contributed by atoms with van der Waals surface area (Å²) in [6.45, 7) is 5.29. The summed E-state index contributed by atoms with van der Waals surface area (Å²) in [6.07, 6.45) is 5.17. The molecule has 0 amide bonds. The fourth-order valence-corrected chi connectivity index (χ4v) is 2.66. The van der Waals surface area contributed by atoms with E-state index in [1.165, 1.54) is 0 Å². The molecular formula is C14H24ClNO3. The number of nitrogens with two attached hydrogens (primary N) is 1. The average Bonchev–Trinajstić information content (AvgIpc) is 2.24. The van der Waals surface area contributed by atoms with Crippen molar-refractivity contribution in [3.8, 4) is 0 Å². The van der Waals surface area contributed by atoms with Crippen molar-refractivity contribution in [2.75, 3.05) is 0 Å². The van der Waals surface area contributed by atoms with Gasteiger partial charge in [-0.2, -0.15) is 0 Å². The zero-order valence-corrected chi connectivity index (χ0v) is 12.8. The summed E-state index contributed by atoms with van der Waals surface area (Å²) < 4.78 is 5.25. The Morgan fingerprint density at radius 2 is 1.79 bits per heavy atom. The number of carbonyl (C=O) groups excluding carboxylic acids is 2. The number of halogens is 1. The van der Waals surface area contributed by atoms with Crippen LogP contribution in [0.4, 0.5) is 0 Å². The molecule has 110 valence electrons. The predicted octanol–water partition coefficient (Wildman–Crippen LogP) is 2.76. The fourth-order valence-electron chi connectivity index (χ4n) is 2.50. The van der Waals surface area contributed by atoms with Gasteiger partial charge in [0.2, 0.25) is 5.24 Å². The quantitative estimate of drug-likeness (QED) is 0.491. The molecule has 1 unspecified atom stereocenters. The van der Waals surface area contributed by atoms with Crippen LogP contribution in [-0.4, -0.2) is 22.4 Å². The first kappa shape index (κ1) is 16.4. The second-order valence-electron chi connectivity index (χ2n) is 6.52. The third-order valence-corrected chi connectivity index (χ3v) is 3.69. The fraction of sp³-hybridized carbons (Fsp3) is 0.857. The molecule has 1 aliphatic carbocycles. The molecule has 0 bridgehead atoms. The van der Waals surface area contributed by atoms with Crippen molar-refractivity contribution >= 4 is 22.8 Å². The van der Waals surface area contributed by atoms with E-state index in [0.29, 0.717) is 0 Å². The van der Waals surface area contributed by atoms with Gasteiger partial charge in [0.05, 0.1) is 0 Å². The first-order valence-electron chi connectivity index (χ1n) is 6.84. The first-order valence-corrected chi connectivity index (χ1v) is 7.22. The molecule has 0 aliphatic heterocycles. The highest BCUT2D eigenvalue weighted by Gasteiger charge is 2.38. The summed E-state index contributed by atoms with van der Waals surface area (Å²) in [5, 5.41) is -0.676. The molecule has 0 saturated heterocycles. The van der Waals surface area contributed by atoms with E-state index in [2.05, 4.69) is 0 Å². The Hall–Kier alpha value is -0.610. The Balaban J connectivity index is 2.72. The molecule has 4 nitrogen and oxygen atoms in total. The molecule has 0 heterocycles. The lowest BCUT2D eigenvalue weighted by atomic mass is 9.77. The van der Waals surface area contributed by atoms with E-state index in [1.807, 2.05) is 0 Å². The lowest BCUT2D eigenvalue weighted by molar-refractivity contribution is -0.161. The van der Waals surface area contributed by atoms with Crippen molar-refractivity contribution < 1.29 is 14.3 Å². The summed E-state index contributed by atoms with van der Waals surface area (Å²) in [6, 6.07) is 0. The minimum Gasteiger partial charge on any atom is -0.459 e. The van der Waals surface area contributed by atoms with Gasteiger partial charge in [-0.15, -0.1) is 0 Å². The number of carbonyl (C=O) groups is 2. The van der Waals surface area contributed by atoms with Crippen LogP contribution >= 0.6 is 11.6 Å². The van der Waals surface area contributed by atoms with Crippen LogP contribution in [-0.2, 0) is 14.3 Å². The van der Waals surface area contributed by atoms with E-state index in [0.717, 1.165) is 32.1 Å². The lowest BCUT2D eigenvalue weighted by Crippen LogP contribution is -2.46. The number of hydrogen-bond donors (Lipinski definition) is 1. The number of rotatable bonds is 4. The lowest BCUT2D eigenvalue weighted by Gasteiger charge is -2.35. The summed E-state index contributed by atoms with van der Waals surface area (Å²) in [7, 11) is 0. The number of esters is 1. The van der Waals surface area contributed by atoms with Gasteiger partial charge >= 0.3 is 5.97 Å². The van der Waals surface area contributed by atoms with Crippen molar-refractivity contribution in [3.63, 3.8) is 0 Å². The standard InChI is InChI=1S/C14H24ClNO3/c1-13(2,3)19-12(18)10(11(15)17)9-14(16)7-5-4-6-8-14/h10H,4-9,16H2,1-3H3. The van der Waals surface area contributed by atoms with Gasteiger partial charge in [-0.05, 0) is 51.6 Å². The maximum Gasteiger partial charge on any atom is 0.318 e. The second-order valence-corrected chi connectivity index (χ2v) is 6.89. The molecule has 0 aromatic heterocycles. The van der Waals surface area contributed by atoms with Crippen LogP contribution in [0.3, 0.4) is 0 Å². The van der Waals surface area contributed by atoms with Crippen LogP contribution in [0.25, 0.3) is 0 Å². The van der Waals surface area contributed by atoms with Crippen LogP contribution < -0.4 is 5.73 Å². The summed E-state index contributed by atoms with van der Waals surface area (Å²) in [5.41, 5.74) is 5.18. The van der Waals surface area contributed by atoms with Crippen LogP contribution in [0.15, 0.2) is 0 Å². The van der Waals surface area contributed by atoms with E-state index in [1.54, 1.807) is 20.8 Å². The van der Waals surface area contributed by atoms with E-state index < -0.39 is 28.3 Å². The van der Waals surface area contributed by atoms with Crippen LogP contribution in [0.5, 0.6) is 0 Å². The molecule has 19 heavy (non-hydrogen) atoms. The van der Waals surface area contributed by atoms with E-state index in [-0.39, 0.29) is 6.42 Å². The normalized spacial score (nSPS) is 20.7. The molecular weight excluding hydrogens is 266 g/mol. The van der Waals surface area contributed by atoms with Crippen LogP contribution in [0.1, 0.15) is 59.3 Å². The molecule has 0 aromatic carbocycles. The van der Waals surface area contributed by atoms with Crippen molar-refractivity contribution in [1.29, 1.82) is 0 Å². The minimum atomic E-state index is -0.955. The number of hydrogen-bond acceptors (Lipinski definition) is 4. The van der Waals surface area contributed by atoms with Crippen molar-refractivity contribution in [2.45, 2.75) is 70.4 Å². The monoisotopic (exact) mass is 289 g/mol. The molecule has 0 aromatic rings. The van der Waals surface area contributed by atoms with Crippen molar-refractivity contribution in [3.05, 3.63) is 0 Å². The Morgan fingerprint density at radius 3 is 2.21 bits per heavy atom. The van der Waals surface area contributed by atoms with E-state index in [4.69, 9.17) is 22.1 Å². The summed E-state index contributed by atoms with van der Waals surface area (Å²) >= 11 is 5.55. The summed E-state index contributed by atoms with van der Waals surface area (Å²) in [4.78, 5) is 23.5. The zero-order chi connectivity index (χ0) is 14.7. The highest BCUT2D eigenvalue weighted by atomic mass is 35.5. The molecule has 0 spiro atoms. The highest BCUT2D eigenvalue weighted by Crippen LogP contribution is 2.32. The molecule has 1 fully saturated rings. The van der Waals surface area contributed by atoms with Crippen molar-refractivity contribution in [1.82, 2.24) is 0 Å². The van der Waals surface area contributed by atoms with Gasteiger partial charge in [0.1, 0.15) is 11.5 Å². The van der Waals surface area contributed by atoms with E-state index in [9.17, 15) is 9.59 Å². The van der Waals surface area contributed by atoms with Crippen LogP contribution in [0, 0.1) is 5.92 Å². The smallest absolute Gasteiger partial charge is 0.318 e. The average molecular weight is 290 g/mol. The van der Waals surface area contributed by atoms with Crippen LogP contribution in [0.2, 0.25) is 0 Å². The maximum absolute atomic E-state index is 12.0. The van der Waals surface area contributed by atoms with Gasteiger partial charge in [-0.3, -0.25) is 9.59 Å². The third-order valence-electron chi connectivity index (χ3n) is 3.43. The summed E-state index contributed by atoms with van der Waals surface area (Å²) in [5.74, 6) is -1.52. The molecule has 5 heteroatoms. The first-order chi connectivity index (χ1) is 8.63. The third kappa shape index (κ3) is 5.49. The Kier molecular flexibility index (Phi) is 5.39. The second kappa shape index (κ2) is 6.23. The van der Waals surface area contributed by atoms with Crippen molar-refractivity contribution in [2.24, 2.45) is 11.7 Å². The van der Waals surface area contributed by atoms with Gasteiger partial charge in [-0.1, -0.05) is 19.3 Å². The molecule has 1 saturated carbocycles. The number of ether oxygens (including phenoxy) is 1. The predicted molar refractivity (Wildman–Crippen MR) is 74.8 cm³/mol. The Labute approximate surface area is 120 Å². The molecule has 0 radical (unpaired) electrons. The van der Waals surface area contributed by atoms with Gasteiger partial charge in [0, 0.05) is 5.54 Å². The molecule has 1 rings (SSSR count). The largest absolute Gasteiger partial charge is 0.459 e. The topological polar surface area (TPSA) is 69.4 Å². The highest BCUT2D eigenvalue weighted by molar-refractivity contribution is 6.65. The Morgan fingerprint density at radius 1 is 1.26 bits per heavy atom. The van der Waals surface area contributed by atoms with Gasteiger partial charge in [0.15, 0.2) is 0 Å². The van der Waals surface area contributed by atoms with Gasteiger partial charge in [0.25, 0.3) is 0 Å². The molecule has 2 N–H and O–H groups in total. The van der Waals surface area contributed by atoms with E-state index >= 15 is 0 Å². The zero-order valence-electron chi connectivity index (χ0n) is 12.0. The molecule has 1 atom stereocenters. The SMILES string of the molecule is CC(C)(C)OC(=O)C(CC1(N)CCCCC1)C(=O)Cl.